The average molecular weight is 1640 g/mol. The van der Waals surface area contributed by atoms with Crippen LogP contribution in [0.2, 0.25) is 10.3 Å². The molecule has 11 aromatic rings. The summed E-state index contributed by atoms with van der Waals surface area (Å²) in [6.45, 7) is 14.1. The normalized spacial score (nSPS) is 12.4. The van der Waals surface area contributed by atoms with Crippen molar-refractivity contribution in [1.82, 2.24) is 73.9 Å². The number of nitrogens with zero attached hydrogens (tertiary/aromatic N) is 15. The molecule has 541 valence electrons. The Balaban J connectivity index is 0.000000241. The van der Waals surface area contributed by atoms with Crippen LogP contribution in [0.4, 0.5) is 8.78 Å². The summed E-state index contributed by atoms with van der Waals surface area (Å²) in [5, 5.41) is 30.9. The molecule has 0 spiro atoms. The van der Waals surface area contributed by atoms with Crippen LogP contribution in [0.5, 0.6) is 5.75 Å². The Morgan fingerprint density at radius 2 is 0.962 bits per heavy atom. The first-order valence-electron chi connectivity index (χ1n) is 33.4. The fourth-order valence-corrected chi connectivity index (χ4v) is 10.5. The fourth-order valence-electron chi connectivity index (χ4n) is 9.79. The van der Waals surface area contributed by atoms with Crippen LogP contribution in [-0.4, -0.2) is 230 Å². The summed E-state index contributed by atoms with van der Waals surface area (Å²) < 4.78 is 61.3. The topological polar surface area (TPSA) is 261 Å². The minimum absolute atomic E-state index is 0. The van der Waals surface area contributed by atoms with Gasteiger partial charge >= 0.3 is 138 Å². The number of rotatable bonds is 22. The number of aromatic nitrogens is 12. The van der Waals surface area contributed by atoms with E-state index in [-0.39, 0.29) is 81.3 Å². The summed E-state index contributed by atoms with van der Waals surface area (Å²) in [6, 6.07) is 29.9. The van der Waals surface area contributed by atoms with Crippen molar-refractivity contribution in [3.05, 3.63) is 222 Å². The summed E-state index contributed by atoms with van der Waals surface area (Å²) in [5.41, 5.74) is 11.5. The molecule has 0 saturated carbocycles. The Kier molecular flexibility index (Phi) is 43.1. The molecular weight excluding hydrogens is 1560 g/mol. The molecule has 1 fully saturated rings. The number of benzene rings is 2. The molecule has 1 aliphatic heterocycles. The van der Waals surface area contributed by atoms with Crippen LogP contribution in [0.3, 0.4) is 0 Å². The van der Waals surface area contributed by atoms with Gasteiger partial charge in [0, 0.05) is 155 Å². The second kappa shape index (κ2) is 49.1. The molecule has 0 bridgehead atoms. The van der Waals surface area contributed by atoms with Gasteiger partial charge in [0.15, 0.2) is 5.82 Å². The molecule has 23 nitrogen and oxygen atoms in total. The number of para-hydroxylation sites is 1. The van der Waals surface area contributed by atoms with Crippen LogP contribution < -0.4 is 71.7 Å². The van der Waals surface area contributed by atoms with Gasteiger partial charge in [-0.2, -0.15) is 15.3 Å². The SMILES string of the molecule is CN(C)CCCn1cc(-c2cncc(-c3ccnc(-c4ccccc4F)c3)c2)cn1.CN(C)CCCn1cc(-c2cncc(-c3ccnc(Cl)c3)c2)cn1.CN(C)CCCn1cc(B2OC(C)(C)C(C)(C)O2)cn1.Clc1cc(-c2cncc(Br)c2)ccn1.O=[P+]([O-])O[O-].O[B]Oc1ccccc1F.[K+].[K][K]. The van der Waals surface area contributed by atoms with Gasteiger partial charge in [-0.05, 0) is 225 Å². The van der Waals surface area contributed by atoms with Crippen LogP contribution in [0.15, 0.2) is 201 Å². The van der Waals surface area contributed by atoms with Gasteiger partial charge < -0.3 is 43.8 Å². The molecule has 12 rings (SSSR count). The van der Waals surface area contributed by atoms with Gasteiger partial charge in [-0.3, -0.25) is 34.0 Å². The van der Waals surface area contributed by atoms with Crippen molar-refractivity contribution < 1.29 is 98.5 Å². The molecule has 1 radical (unpaired) electrons. The summed E-state index contributed by atoms with van der Waals surface area (Å²) in [5.74, 6) is -0.756. The Labute approximate surface area is 727 Å². The van der Waals surface area contributed by atoms with Crippen molar-refractivity contribution in [3.8, 4) is 72.6 Å². The van der Waals surface area contributed by atoms with E-state index in [1.54, 1.807) is 55.2 Å². The third-order valence-electron chi connectivity index (χ3n) is 15.7. The zero-order valence-corrected chi connectivity index (χ0v) is 75.2. The molecule has 9 aromatic heterocycles. The number of pyridine rings is 6. The Morgan fingerprint density at radius 3 is 1.39 bits per heavy atom. The predicted molar refractivity (Wildman–Crippen MR) is 411 cm³/mol. The van der Waals surface area contributed by atoms with Crippen LogP contribution in [-0.2, 0) is 38.2 Å². The van der Waals surface area contributed by atoms with E-state index in [9.17, 15) is 8.78 Å². The maximum atomic E-state index is 14.2. The molecule has 2 aromatic carbocycles. The molecule has 1 aliphatic rings. The summed E-state index contributed by atoms with van der Waals surface area (Å²) in [6.07, 6.45) is 30.9. The minimum atomic E-state index is -3.15. The zero-order chi connectivity index (χ0) is 76.5. The van der Waals surface area contributed by atoms with Gasteiger partial charge in [0.2, 0.25) is 0 Å². The van der Waals surface area contributed by atoms with E-state index in [0.717, 1.165) is 124 Å². The van der Waals surface area contributed by atoms with Gasteiger partial charge in [-0.1, -0.05) is 47.5 Å². The van der Waals surface area contributed by atoms with Crippen LogP contribution >= 0.6 is 47.4 Å². The third kappa shape index (κ3) is 32.3. The van der Waals surface area contributed by atoms with E-state index in [0.29, 0.717) is 29.2 Å². The molecule has 1 saturated heterocycles. The van der Waals surface area contributed by atoms with Gasteiger partial charge in [0.05, 0.1) is 29.3 Å². The van der Waals surface area contributed by atoms with Crippen molar-refractivity contribution in [1.29, 1.82) is 0 Å². The van der Waals surface area contributed by atoms with E-state index >= 15 is 0 Å². The van der Waals surface area contributed by atoms with Crippen molar-refractivity contribution in [2.24, 2.45) is 0 Å². The number of halogens is 5. The number of hydrogen-bond donors (Lipinski definition) is 1. The van der Waals surface area contributed by atoms with E-state index in [2.05, 4.69) is 173 Å². The van der Waals surface area contributed by atoms with E-state index < -0.39 is 14.1 Å². The van der Waals surface area contributed by atoms with Crippen molar-refractivity contribution in [2.45, 2.75) is 77.8 Å². The molecule has 0 amide bonds. The summed E-state index contributed by atoms with van der Waals surface area (Å²) in [7, 11) is 9.44. The van der Waals surface area contributed by atoms with Gasteiger partial charge in [0.1, 0.15) is 21.9 Å². The average Bonchev–Trinajstić information content (AvgIpc) is 1.61. The molecule has 1 atom stereocenters. The van der Waals surface area contributed by atoms with E-state index in [1.165, 1.54) is 81.4 Å². The van der Waals surface area contributed by atoms with Gasteiger partial charge in [0.25, 0.3) is 0 Å². The first-order valence-corrected chi connectivity index (χ1v) is 52.1. The monoisotopic (exact) mass is 1640 g/mol. The van der Waals surface area contributed by atoms with E-state index in [1.807, 2.05) is 118 Å². The van der Waals surface area contributed by atoms with Crippen molar-refractivity contribution in [3.63, 3.8) is 0 Å². The number of hydrogen-bond acceptors (Lipinski definition) is 20. The molecular formula is C72H81B2BrCl2F2K3N15O8P. The van der Waals surface area contributed by atoms with Crippen LogP contribution in [0.1, 0.15) is 47.0 Å². The summed E-state index contributed by atoms with van der Waals surface area (Å²) in [4.78, 5) is 40.5. The second-order valence-electron chi connectivity index (χ2n) is 25.0. The quantitative estimate of drug-likeness (QED) is 0.0220. The molecule has 34 heteroatoms. The van der Waals surface area contributed by atoms with Crippen molar-refractivity contribution >= 4 is 131 Å². The van der Waals surface area contributed by atoms with Gasteiger partial charge in [-0.15, -0.1) is 0 Å². The first-order chi connectivity index (χ1) is 50.3. The third-order valence-corrected chi connectivity index (χ3v) is 16.7. The standard InChI is InChI=1S/C24H24FN5.C18H20ClN5.C14H26BN3O2.C10H6BrClN2.C6H5BFO2.3K.HO4P/c1-29(2)10-5-11-30-17-21(16-28-30)20-12-19(14-26-15-20)18-8-9-27-24(13-18)22-6-3-4-7-23(22)25;1-23(2)6-3-7-24-13-17(12-22-24)16-8-15(10-20-11-16)14-4-5-21-18(19)9-14;1-13(2)14(3,4)20-15(19-13)12-10-16-18(11-12)9-7-8-17(5)6;11-9-3-8(5-13-6-9)7-1-2-14-10(12)4-7;8-5-3-1-2-4-6(5)10-7-9;;;;1-4-5(2)3/h3-4,6-9,12-17H,5,10-11H2,1-2H3;4-5,8-13H,3,6-7H2,1-2H3;10-11H,7-9H2,1-6H3;1-6H;1-4,9H;;;;1H/q;;;;;;;+1;/p-1. The molecule has 0 aliphatic carbocycles. The fraction of sp³-hybridized carbons (Fsp3) is 0.292. The van der Waals surface area contributed by atoms with Gasteiger partial charge in [-0.25, -0.2) is 23.4 Å². The molecule has 10 heterocycles. The molecule has 1 N–H and O–H groups in total. The zero-order valence-electron chi connectivity index (χ0n) is 61.8. The summed E-state index contributed by atoms with van der Waals surface area (Å²) >= 11 is 17.6. The first kappa shape index (κ1) is 93.1. The van der Waals surface area contributed by atoms with Crippen LogP contribution in [0.25, 0.3) is 66.9 Å². The second-order valence-corrected chi connectivity index (χ2v) is 27.3. The Hall–Kier alpha value is -3.53. The van der Waals surface area contributed by atoms with Crippen LogP contribution in [0, 0.1) is 11.6 Å². The molecule has 1 unspecified atom stereocenters. The number of aryl methyl sites for hydroxylation is 3. The Morgan fingerprint density at radius 1 is 0.566 bits per heavy atom. The maximum absolute atomic E-state index is 14.2. The van der Waals surface area contributed by atoms with E-state index in [4.69, 9.17) is 52.3 Å². The van der Waals surface area contributed by atoms with Crippen molar-refractivity contribution in [2.75, 3.05) is 61.9 Å². The Bertz CT molecular complexity index is 4390. The molecule has 106 heavy (non-hydrogen) atoms. The predicted octanol–water partition coefficient (Wildman–Crippen LogP) is 8.34.